The summed E-state index contributed by atoms with van der Waals surface area (Å²) in [6.07, 6.45) is 1.68. The molecule has 0 radical (unpaired) electrons. The van der Waals surface area contributed by atoms with Crippen LogP contribution in [0.5, 0.6) is 11.5 Å². The van der Waals surface area contributed by atoms with Crippen molar-refractivity contribution in [2.75, 3.05) is 6.26 Å². The Morgan fingerprint density at radius 3 is 2.68 bits per heavy atom. The van der Waals surface area contributed by atoms with Crippen molar-refractivity contribution in [3.8, 4) is 11.5 Å². The minimum absolute atomic E-state index is 0.0129. The fourth-order valence-electron chi connectivity index (χ4n) is 2.25. The molecule has 1 aromatic carbocycles. The molecule has 4 nitrogen and oxygen atoms in total. The lowest BCUT2D eigenvalue weighted by Gasteiger charge is -2.24. The van der Waals surface area contributed by atoms with Gasteiger partial charge in [-0.3, -0.25) is 4.79 Å². The van der Waals surface area contributed by atoms with E-state index in [4.69, 9.17) is 4.74 Å². The Kier molecular flexibility index (Phi) is 3.53. The maximum atomic E-state index is 11.8. The third kappa shape index (κ3) is 2.44. The van der Waals surface area contributed by atoms with Gasteiger partial charge in [-0.25, -0.2) is 0 Å². The summed E-state index contributed by atoms with van der Waals surface area (Å²) in [5.41, 5.74) is 0.636. The van der Waals surface area contributed by atoms with Crippen LogP contribution in [0.4, 0.5) is 0 Å². The van der Waals surface area contributed by atoms with Crippen LogP contribution >= 0.6 is 11.8 Å². The lowest BCUT2D eigenvalue weighted by Crippen LogP contribution is -2.39. The standard InChI is InChI=1S/C14H18O4S/c1-7-5-9-8(6-10(18-9)14(2,3)17)12(15)11(7)13(16)19-4/h5,10,15,17H,6H2,1-4H3/t10-/m1/s1. The second kappa shape index (κ2) is 4.72. The van der Waals surface area contributed by atoms with Gasteiger partial charge in [-0.05, 0) is 38.7 Å². The number of aromatic hydroxyl groups is 1. The number of aryl methyl sites for hydroxylation is 1. The Morgan fingerprint density at radius 1 is 1.53 bits per heavy atom. The number of phenolic OH excluding ortho intramolecular Hbond substituents is 1. The molecular weight excluding hydrogens is 264 g/mol. The highest BCUT2D eigenvalue weighted by molar-refractivity contribution is 8.13. The van der Waals surface area contributed by atoms with Crippen LogP contribution in [0.1, 0.15) is 35.3 Å². The van der Waals surface area contributed by atoms with Crippen LogP contribution in [0.25, 0.3) is 0 Å². The van der Waals surface area contributed by atoms with Gasteiger partial charge in [-0.15, -0.1) is 0 Å². The van der Waals surface area contributed by atoms with Crippen LogP contribution in [-0.4, -0.2) is 33.3 Å². The molecule has 0 spiro atoms. The number of hydrogen-bond acceptors (Lipinski definition) is 5. The van der Waals surface area contributed by atoms with E-state index in [1.807, 2.05) is 0 Å². The zero-order valence-corrected chi connectivity index (χ0v) is 12.3. The predicted molar refractivity (Wildman–Crippen MR) is 75.1 cm³/mol. The number of carbonyl (C=O) groups excluding carboxylic acids is 1. The third-order valence-corrected chi connectivity index (χ3v) is 3.97. The summed E-state index contributed by atoms with van der Waals surface area (Å²) in [5, 5.41) is 20.1. The second-order valence-corrected chi connectivity index (χ2v) is 6.13. The summed E-state index contributed by atoms with van der Waals surface area (Å²) >= 11 is 1.07. The first-order valence-corrected chi connectivity index (χ1v) is 7.31. The second-order valence-electron chi connectivity index (χ2n) is 5.35. The molecule has 0 saturated heterocycles. The first kappa shape index (κ1) is 14.2. The summed E-state index contributed by atoms with van der Waals surface area (Å²) in [6.45, 7) is 5.10. The fraction of sp³-hybridized carbons (Fsp3) is 0.500. The minimum Gasteiger partial charge on any atom is -0.507 e. The van der Waals surface area contributed by atoms with Crippen molar-refractivity contribution in [1.29, 1.82) is 0 Å². The van der Waals surface area contributed by atoms with Gasteiger partial charge < -0.3 is 14.9 Å². The Morgan fingerprint density at radius 2 is 2.16 bits per heavy atom. The van der Waals surface area contributed by atoms with Crippen molar-refractivity contribution in [2.24, 2.45) is 0 Å². The molecule has 1 aliphatic rings. The fourth-order valence-corrected chi connectivity index (χ4v) is 2.71. The van der Waals surface area contributed by atoms with Crippen molar-refractivity contribution in [2.45, 2.75) is 38.9 Å². The van der Waals surface area contributed by atoms with Crippen LogP contribution in [0.15, 0.2) is 6.07 Å². The summed E-state index contributed by atoms with van der Waals surface area (Å²) in [5.74, 6) is 0.542. The third-order valence-electron chi connectivity index (χ3n) is 3.40. The molecule has 0 aliphatic carbocycles. The molecule has 5 heteroatoms. The minimum atomic E-state index is -0.997. The molecular formula is C14H18O4S. The molecule has 0 unspecified atom stereocenters. The molecule has 2 rings (SSSR count). The van der Waals surface area contributed by atoms with Gasteiger partial charge in [0.2, 0.25) is 5.12 Å². The number of carbonyl (C=O) groups is 1. The number of thioether (sulfide) groups is 1. The summed E-state index contributed by atoms with van der Waals surface area (Å²) in [6, 6.07) is 1.75. The molecule has 1 atom stereocenters. The van der Waals surface area contributed by atoms with Gasteiger partial charge in [0.1, 0.15) is 17.6 Å². The SMILES string of the molecule is CSC(=O)c1c(C)cc2c(c1O)C[C@H](C(C)(C)O)O2. The van der Waals surface area contributed by atoms with E-state index in [1.54, 1.807) is 33.1 Å². The van der Waals surface area contributed by atoms with Gasteiger partial charge in [0.15, 0.2) is 0 Å². The van der Waals surface area contributed by atoms with Crippen LogP contribution in [0, 0.1) is 6.92 Å². The molecule has 0 bridgehead atoms. The maximum Gasteiger partial charge on any atom is 0.223 e. The molecule has 1 aliphatic heterocycles. The summed E-state index contributed by atoms with van der Waals surface area (Å²) in [7, 11) is 0. The van der Waals surface area contributed by atoms with E-state index < -0.39 is 11.7 Å². The smallest absolute Gasteiger partial charge is 0.223 e. The van der Waals surface area contributed by atoms with E-state index in [0.29, 0.717) is 28.9 Å². The maximum absolute atomic E-state index is 11.8. The quantitative estimate of drug-likeness (QED) is 0.871. The van der Waals surface area contributed by atoms with Crippen LogP contribution in [-0.2, 0) is 6.42 Å². The van der Waals surface area contributed by atoms with Crippen LogP contribution in [0.3, 0.4) is 0 Å². The van der Waals surface area contributed by atoms with Crippen molar-refractivity contribution in [3.63, 3.8) is 0 Å². The van der Waals surface area contributed by atoms with Gasteiger partial charge in [-0.2, -0.15) is 0 Å². The van der Waals surface area contributed by atoms with Gasteiger partial charge >= 0.3 is 0 Å². The number of hydrogen-bond donors (Lipinski definition) is 2. The number of phenols is 1. The lowest BCUT2D eigenvalue weighted by atomic mass is 9.95. The topological polar surface area (TPSA) is 66.8 Å². The predicted octanol–water partition coefficient (Wildman–Crippen LogP) is 2.28. The normalized spacial score (nSPS) is 18.1. The van der Waals surface area contributed by atoms with E-state index >= 15 is 0 Å². The number of ether oxygens (including phenoxy) is 1. The number of rotatable bonds is 2. The van der Waals surface area contributed by atoms with E-state index in [-0.39, 0.29) is 10.9 Å². The van der Waals surface area contributed by atoms with Gasteiger partial charge in [0.05, 0.1) is 11.2 Å². The summed E-state index contributed by atoms with van der Waals surface area (Å²) < 4.78 is 5.67. The lowest BCUT2D eigenvalue weighted by molar-refractivity contribution is -0.0229. The zero-order valence-electron chi connectivity index (χ0n) is 11.5. The van der Waals surface area contributed by atoms with E-state index in [2.05, 4.69) is 0 Å². The largest absolute Gasteiger partial charge is 0.507 e. The molecule has 0 amide bonds. The highest BCUT2D eigenvalue weighted by Gasteiger charge is 2.37. The Balaban J connectivity index is 2.47. The molecule has 1 aromatic rings. The van der Waals surface area contributed by atoms with Gasteiger partial charge in [-0.1, -0.05) is 11.8 Å². The zero-order chi connectivity index (χ0) is 14.4. The van der Waals surface area contributed by atoms with E-state index in [1.165, 1.54) is 0 Å². The number of aliphatic hydroxyl groups is 1. The van der Waals surface area contributed by atoms with E-state index in [0.717, 1.165) is 11.8 Å². The van der Waals surface area contributed by atoms with Crippen molar-refractivity contribution >= 4 is 16.9 Å². The Hall–Kier alpha value is -1.20. The van der Waals surface area contributed by atoms with Crippen molar-refractivity contribution in [3.05, 3.63) is 22.8 Å². The van der Waals surface area contributed by atoms with Crippen molar-refractivity contribution < 1.29 is 19.7 Å². The Labute approximate surface area is 116 Å². The monoisotopic (exact) mass is 282 g/mol. The first-order chi connectivity index (χ1) is 8.75. The van der Waals surface area contributed by atoms with Gasteiger partial charge in [0, 0.05) is 12.0 Å². The average Bonchev–Trinajstić information content (AvgIpc) is 2.72. The molecule has 104 valence electrons. The molecule has 2 N–H and O–H groups in total. The van der Waals surface area contributed by atoms with Crippen molar-refractivity contribution in [1.82, 2.24) is 0 Å². The number of benzene rings is 1. The first-order valence-electron chi connectivity index (χ1n) is 6.08. The molecule has 1 heterocycles. The summed E-state index contributed by atoms with van der Waals surface area (Å²) in [4.78, 5) is 11.8. The molecule has 0 aromatic heterocycles. The highest BCUT2D eigenvalue weighted by atomic mass is 32.2. The average molecular weight is 282 g/mol. The van der Waals surface area contributed by atoms with E-state index in [9.17, 15) is 15.0 Å². The molecule has 19 heavy (non-hydrogen) atoms. The molecule has 0 saturated carbocycles. The van der Waals surface area contributed by atoms with Crippen LogP contribution in [0.2, 0.25) is 0 Å². The highest BCUT2D eigenvalue weighted by Crippen LogP contribution is 2.42. The molecule has 0 fully saturated rings. The number of fused-ring (bicyclic) bond motifs is 1. The van der Waals surface area contributed by atoms with Gasteiger partial charge in [0.25, 0.3) is 0 Å². The van der Waals surface area contributed by atoms with Crippen LogP contribution < -0.4 is 4.74 Å². The Bertz CT molecular complexity index is 531.